The molecule has 2 saturated heterocycles. The van der Waals surface area contributed by atoms with E-state index in [-0.39, 0.29) is 11.1 Å². The van der Waals surface area contributed by atoms with Crippen LogP contribution in [0.25, 0.3) is 0 Å². The van der Waals surface area contributed by atoms with E-state index >= 15 is 0 Å². The minimum absolute atomic E-state index is 0.0774. The second-order valence-corrected chi connectivity index (χ2v) is 7.96. The van der Waals surface area contributed by atoms with Crippen molar-refractivity contribution in [1.29, 1.82) is 0 Å². The Balaban J connectivity index is 1.91. The Morgan fingerprint density at radius 2 is 2.10 bits per heavy atom. The van der Waals surface area contributed by atoms with E-state index in [1.54, 1.807) is 15.1 Å². The van der Waals surface area contributed by atoms with Crippen LogP contribution in [0.3, 0.4) is 0 Å². The molecular formula is C14H24N4O2S. The molecular weight excluding hydrogens is 288 g/mol. The van der Waals surface area contributed by atoms with E-state index < -0.39 is 10.0 Å². The van der Waals surface area contributed by atoms with Gasteiger partial charge in [0.2, 0.25) is 0 Å². The van der Waals surface area contributed by atoms with Crippen LogP contribution in [0.2, 0.25) is 0 Å². The molecule has 1 aromatic heterocycles. The Hall–Kier alpha value is -0.920. The summed E-state index contributed by atoms with van der Waals surface area (Å²) >= 11 is 0. The first-order valence-electron chi connectivity index (χ1n) is 7.75. The first kappa shape index (κ1) is 15.0. The monoisotopic (exact) mass is 312 g/mol. The number of nitrogens with zero attached hydrogens (tertiary/aromatic N) is 3. The highest BCUT2D eigenvalue weighted by molar-refractivity contribution is 7.89. The quantitative estimate of drug-likeness (QED) is 0.905. The lowest BCUT2D eigenvalue weighted by Gasteiger charge is -2.37. The summed E-state index contributed by atoms with van der Waals surface area (Å²) in [5.74, 6) is 0.723. The van der Waals surface area contributed by atoms with Crippen molar-refractivity contribution in [2.75, 3.05) is 13.1 Å². The van der Waals surface area contributed by atoms with Gasteiger partial charge in [-0.15, -0.1) is 0 Å². The fraction of sp³-hybridized carbons (Fsp3) is 0.786. The highest BCUT2D eigenvalue weighted by Crippen LogP contribution is 2.29. The van der Waals surface area contributed by atoms with Crippen LogP contribution >= 0.6 is 0 Å². The molecule has 0 saturated carbocycles. The molecule has 0 aliphatic carbocycles. The van der Waals surface area contributed by atoms with Crippen molar-refractivity contribution in [3.8, 4) is 0 Å². The highest BCUT2D eigenvalue weighted by Gasteiger charge is 2.39. The topological polar surface area (TPSA) is 67.2 Å². The molecule has 6 nitrogen and oxygen atoms in total. The van der Waals surface area contributed by atoms with Crippen LogP contribution in [-0.2, 0) is 17.1 Å². The SMILES string of the molecule is Cc1nc(S(=O)(=O)N2CCCCC2C2CCCN2)cn1C. The summed E-state index contributed by atoms with van der Waals surface area (Å²) in [4.78, 5) is 4.23. The van der Waals surface area contributed by atoms with Crippen LogP contribution in [0.15, 0.2) is 11.2 Å². The average molecular weight is 312 g/mol. The molecule has 2 unspecified atom stereocenters. The fourth-order valence-corrected chi connectivity index (χ4v) is 5.20. The first-order valence-corrected chi connectivity index (χ1v) is 9.19. The van der Waals surface area contributed by atoms with Gasteiger partial charge in [0, 0.05) is 31.9 Å². The van der Waals surface area contributed by atoms with E-state index in [1.807, 2.05) is 14.0 Å². The van der Waals surface area contributed by atoms with Crippen molar-refractivity contribution in [2.24, 2.45) is 7.05 Å². The predicted octanol–water partition coefficient (Wildman–Crippen LogP) is 1.02. The van der Waals surface area contributed by atoms with Gasteiger partial charge >= 0.3 is 0 Å². The van der Waals surface area contributed by atoms with E-state index in [0.717, 1.165) is 44.5 Å². The van der Waals surface area contributed by atoms with Crippen molar-refractivity contribution < 1.29 is 8.42 Å². The number of sulfonamides is 1. The van der Waals surface area contributed by atoms with Gasteiger partial charge in [0.15, 0.2) is 5.03 Å². The van der Waals surface area contributed by atoms with Crippen LogP contribution < -0.4 is 5.32 Å². The maximum atomic E-state index is 12.9. The van der Waals surface area contributed by atoms with Crippen LogP contribution in [0, 0.1) is 6.92 Å². The molecule has 0 aromatic carbocycles. The lowest BCUT2D eigenvalue weighted by molar-refractivity contribution is 0.210. The first-order chi connectivity index (χ1) is 10.00. The fourth-order valence-electron chi connectivity index (χ4n) is 3.44. The molecule has 1 aromatic rings. The Bertz CT molecular complexity index is 585. The molecule has 1 N–H and O–H groups in total. The minimum Gasteiger partial charge on any atom is -0.337 e. The lowest BCUT2D eigenvalue weighted by Crippen LogP contribution is -2.52. The van der Waals surface area contributed by atoms with Gasteiger partial charge in [-0.2, -0.15) is 4.31 Å². The van der Waals surface area contributed by atoms with Crippen molar-refractivity contribution >= 4 is 10.0 Å². The zero-order valence-corrected chi connectivity index (χ0v) is 13.6. The van der Waals surface area contributed by atoms with Gasteiger partial charge in [-0.1, -0.05) is 6.42 Å². The van der Waals surface area contributed by atoms with E-state index in [9.17, 15) is 8.42 Å². The zero-order chi connectivity index (χ0) is 15.0. The third-order valence-electron chi connectivity index (χ3n) is 4.72. The van der Waals surface area contributed by atoms with Crippen LogP contribution in [0.4, 0.5) is 0 Å². The zero-order valence-electron chi connectivity index (χ0n) is 12.7. The third-order valence-corrected chi connectivity index (χ3v) is 6.52. The number of aryl methyl sites for hydroxylation is 2. The summed E-state index contributed by atoms with van der Waals surface area (Å²) in [5, 5.41) is 3.65. The number of piperidine rings is 1. The van der Waals surface area contributed by atoms with Crippen LogP contribution in [-0.4, -0.2) is 47.4 Å². The highest BCUT2D eigenvalue weighted by atomic mass is 32.2. The minimum atomic E-state index is -3.49. The van der Waals surface area contributed by atoms with Gasteiger partial charge in [0.25, 0.3) is 10.0 Å². The normalized spacial score (nSPS) is 28.1. The van der Waals surface area contributed by atoms with Gasteiger partial charge in [0.05, 0.1) is 0 Å². The third kappa shape index (κ3) is 2.74. The van der Waals surface area contributed by atoms with E-state index in [1.165, 1.54) is 0 Å². The molecule has 7 heteroatoms. The largest absolute Gasteiger partial charge is 0.337 e. The molecule has 2 atom stereocenters. The number of nitrogens with one attached hydrogen (secondary N) is 1. The smallest absolute Gasteiger partial charge is 0.262 e. The number of rotatable bonds is 3. The van der Waals surface area contributed by atoms with Crippen molar-refractivity contribution in [3.05, 3.63) is 12.0 Å². The molecule has 0 radical (unpaired) electrons. The Morgan fingerprint density at radius 3 is 2.71 bits per heavy atom. The summed E-state index contributed by atoms with van der Waals surface area (Å²) in [6.45, 7) is 3.43. The van der Waals surface area contributed by atoms with Gasteiger partial charge in [0.1, 0.15) is 5.82 Å². The maximum Gasteiger partial charge on any atom is 0.262 e. The maximum absolute atomic E-state index is 12.9. The molecule has 3 rings (SSSR count). The Labute approximate surface area is 126 Å². The van der Waals surface area contributed by atoms with Crippen LogP contribution in [0.1, 0.15) is 37.9 Å². The molecule has 0 spiro atoms. The molecule has 21 heavy (non-hydrogen) atoms. The molecule has 2 aliphatic rings. The van der Waals surface area contributed by atoms with Crippen LogP contribution in [0.5, 0.6) is 0 Å². The van der Waals surface area contributed by atoms with Crippen molar-refractivity contribution in [2.45, 2.75) is 56.1 Å². The Kier molecular flexibility index (Phi) is 4.07. The number of aromatic nitrogens is 2. The van der Waals surface area contributed by atoms with E-state index in [0.29, 0.717) is 12.6 Å². The molecule has 118 valence electrons. The standard InChI is InChI=1S/C14H24N4O2S/c1-11-16-14(10-17(11)2)21(19,20)18-9-4-3-7-13(18)12-6-5-8-15-12/h10,12-13,15H,3-9H2,1-2H3. The van der Waals surface area contributed by atoms with Gasteiger partial charge in [-0.25, -0.2) is 13.4 Å². The number of imidazole rings is 1. The summed E-state index contributed by atoms with van der Waals surface area (Å²) in [5.41, 5.74) is 0. The van der Waals surface area contributed by atoms with E-state index in [4.69, 9.17) is 0 Å². The molecule has 3 heterocycles. The molecule has 0 amide bonds. The van der Waals surface area contributed by atoms with Crippen molar-refractivity contribution in [1.82, 2.24) is 19.2 Å². The Morgan fingerprint density at radius 1 is 1.29 bits per heavy atom. The van der Waals surface area contributed by atoms with Gasteiger partial charge in [-0.05, 0) is 39.2 Å². The number of hydrogen-bond donors (Lipinski definition) is 1. The molecule has 0 bridgehead atoms. The average Bonchev–Trinajstić information content (AvgIpc) is 3.10. The summed E-state index contributed by atoms with van der Waals surface area (Å²) in [6.07, 6.45) is 6.82. The lowest BCUT2D eigenvalue weighted by atomic mass is 9.97. The summed E-state index contributed by atoms with van der Waals surface area (Å²) < 4.78 is 29.3. The predicted molar refractivity (Wildman–Crippen MR) is 80.5 cm³/mol. The van der Waals surface area contributed by atoms with Gasteiger partial charge < -0.3 is 9.88 Å². The van der Waals surface area contributed by atoms with Gasteiger partial charge in [-0.3, -0.25) is 0 Å². The van der Waals surface area contributed by atoms with Crippen molar-refractivity contribution in [3.63, 3.8) is 0 Å². The summed E-state index contributed by atoms with van der Waals surface area (Å²) in [7, 11) is -1.66. The molecule has 2 fully saturated rings. The second kappa shape index (κ2) is 5.70. The second-order valence-electron chi connectivity index (χ2n) is 6.12. The number of hydrogen-bond acceptors (Lipinski definition) is 4. The molecule has 2 aliphatic heterocycles. The summed E-state index contributed by atoms with van der Waals surface area (Å²) in [6, 6.07) is 0.374. The van der Waals surface area contributed by atoms with E-state index in [2.05, 4.69) is 10.3 Å².